The normalized spacial score (nSPS) is 11.2. The molecule has 12 heteroatoms. The van der Waals surface area contributed by atoms with E-state index in [0.717, 1.165) is 34.6 Å². The molecule has 0 fully saturated rings. The van der Waals surface area contributed by atoms with Crippen LogP contribution in [0.1, 0.15) is 27.2 Å². The molecule has 2 heterocycles. The number of rotatable bonds is 7. The third kappa shape index (κ3) is 7.04. The van der Waals surface area contributed by atoms with Gasteiger partial charge in [0.1, 0.15) is 0 Å². The third-order valence-corrected chi connectivity index (χ3v) is 6.44. The van der Waals surface area contributed by atoms with Gasteiger partial charge in [0.05, 0.1) is 23.1 Å². The lowest BCUT2D eigenvalue weighted by Crippen LogP contribution is -2.27. The van der Waals surface area contributed by atoms with Crippen LogP contribution in [0.15, 0.2) is 91.1 Å². The van der Waals surface area contributed by atoms with Crippen molar-refractivity contribution < 1.29 is 27.5 Å². The van der Waals surface area contributed by atoms with E-state index in [4.69, 9.17) is 4.74 Å². The van der Waals surface area contributed by atoms with Crippen LogP contribution in [0.25, 0.3) is 22.4 Å². The predicted octanol–water partition coefficient (Wildman–Crippen LogP) is 6.41. The van der Waals surface area contributed by atoms with Gasteiger partial charge in [0.2, 0.25) is 0 Å². The molecule has 0 saturated heterocycles. The summed E-state index contributed by atoms with van der Waals surface area (Å²) < 4.78 is 45.6. The summed E-state index contributed by atoms with van der Waals surface area (Å²) >= 11 is 0. The molecule has 2 amide bonds. The van der Waals surface area contributed by atoms with Crippen molar-refractivity contribution in [3.63, 3.8) is 0 Å². The minimum atomic E-state index is -4.46. The molecule has 2 N–H and O–H groups in total. The number of halogens is 3. The van der Waals surface area contributed by atoms with Gasteiger partial charge in [-0.3, -0.25) is 4.79 Å². The number of hydrogen-bond acceptors (Lipinski definition) is 6. The van der Waals surface area contributed by atoms with Gasteiger partial charge in [-0.15, -0.1) is 0 Å². The highest BCUT2D eigenvalue weighted by molar-refractivity contribution is 6.08. The standard InChI is InChI=1S/C31H25F3N6O3/c1-19-7-16-26(39-38-19)22-10-8-20(9-11-22)17-35-30(42)43-29-37-27(18-40(29)2)36-28(41)25-6-4-3-5-24(25)21-12-14-23(15-13-21)31(32,33)34/h3-16,18H,17H2,1-2H3,(H,35,42)(H,36,41). The van der Waals surface area contributed by atoms with Crippen molar-refractivity contribution in [3.05, 3.63) is 114 Å². The smallest absolute Gasteiger partial charge is 0.375 e. The van der Waals surface area contributed by atoms with Gasteiger partial charge in [0.15, 0.2) is 5.82 Å². The van der Waals surface area contributed by atoms with E-state index in [0.29, 0.717) is 11.1 Å². The summed E-state index contributed by atoms with van der Waals surface area (Å²) in [6, 6.07) is 22.2. The molecule has 2 aromatic heterocycles. The monoisotopic (exact) mass is 586 g/mol. The maximum atomic E-state index is 13.1. The SMILES string of the molecule is Cc1ccc(-c2ccc(CNC(=O)Oc3nc(NC(=O)c4ccccc4-c4ccc(C(F)(F)F)cc4)cn3C)cc2)nn1. The molecule has 0 radical (unpaired) electrons. The minimum Gasteiger partial charge on any atom is -0.375 e. The summed E-state index contributed by atoms with van der Waals surface area (Å²) in [5.74, 6) is -0.419. The number of hydrogen-bond donors (Lipinski definition) is 2. The molecule has 5 aromatic rings. The topological polar surface area (TPSA) is 111 Å². The first-order valence-corrected chi connectivity index (χ1v) is 13.0. The molecule has 0 aliphatic rings. The van der Waals surface area contributed by atoms with E-state index in [1.54, 1.807) is 31.3 Å². The summed E-state index contributed by atoms with van der Waals surface area (Å²) in [7, 11) is 1.59. The number of alkyl halides is 3. The Bertz CT molecular complexity index is 1750. The third-order valence-electron chi connectivity index (χ3n) is 6.44. The van der Waals surface area contributed by atoms with Crippen LogP contribution in [0.5, 0.6) is 6.01 Å². The molecule has 0 saturated carbocycles. The summed E-state index contributed by atoms with van der Waals surface area (Å²) in [5.41, 5.74) is 3.63. The summed E-state index contributed by atoms with van der Waals surface area (Å²) in [5, 5.41) is 13.5. The van der Waals surface area contributed by atoms with Crippen LogP contribution in [0.4, 0.5) is 23.8 Å². The van der Waals surface area contributed by atoms with Gasteiger partial charge < -0.3 is 19.9 Å². The second-order valence-electron chi connectivity index (χ2n) is 9.59. The van der Waals surface area contributed by atoms with Gasteiger partial charge in [-0.25, -0.2) is 4.79 Å². The highest BCUT2D eigenvalue weighted by Gasteiger charge is 2.30. The minimum absolute atomic E-state index is 0.0582. The quantitative estimate of drug-likeness (QED) is 0.228. The van der Waals surface area contributed by atoms with E-state index >= 15 is 0 Å². The molecule has 0 aliphatic carbocycles. The first-order valence-electron chi connectivity index (χ1n) is 13.0. The molecular formula is C31H25F3N6O3. The number of nitrogens with zero attached hydrogens (tertiary/aromatic N) is 4. The van der Waals surface area contributed by atoms with Crippen molar-refractivity contribution in [3.8, 4) is 28.4 Å². The first kappa shape index (κ1) is 29.0. The molecule has 0 bridgehead atoms. The van der Waals surface area contributed by atoms with E-state index in [-0.39, 0.29) is 23.9 Å². The lowest BCUT2D eigenvalue weighted by Gasteiger charge is -2.11. The van der Waals surface area contributed by atoms with Crippen molar-refractivity contribution in [2.75, 3.05) is 5.32 Å². The van der Waals surface area contributed by atoms with Crippen molar-refractivity contribution in [2.45, 2.75) is 19.6 Å². The highest BCUT2D eigenvalue weighted by Crippen LogP contribution is 2.32. The van der Waals surface area contributed by atoms with Crippen LogP contribution < -0.4 is 15.4 Å². The summed E-state index contributed by atoms with van der Waals surface area (Å²) in [4.78, 5) is 29.7. The number of imidazole rings is 1. The fourth-order valence-electron chi connectivity index (χ4n) is 4.20. The number of carbonyl (C=O) groups is 2. The van der Waals surface area contributed by atoms with Gasteiger partial charge in [-0.2, -0.15) is 28.4 Å². The Kier molecular flexibility index (Phi) is 8.19. The maximum Gasteiger partial charge on any atom is 0.416 e. The Labute approximate surface area is 244 Å². The Hall–Kier alpha value is -5.52. The van der Waals surface area contributed by atoms with Gasteiger partial charge in [-0.05, 0) is 53.9 Å². The number of ether oxygens (including phenoxy) is 1. The van der Waals surface area contributed by atoms with E-state index in [1.807, 2.05) is 43.3 Å². The Morgan fingerprint density at radius 1 is 0.884 bits per heavy atom. The molecule has 43 heavy (non-hydrogen) atoms. The first-order chi connectivity index (χ1) is 20.6. The lowest BCUT2D eigenvalue weighted by atomic mass is 9.98. The van der Waals surface area contributed by atoms with Crippen LogP contribution in [0.2, 0.25) is 0 Å². The zero-order valence-electron chi connectivity index (χ0n) is 23.0. The second-order valence-corrected chi connectivity index (χ2v) is 9.59. The maximum absolute atomic E-state index is 13.1. The molecule has 0 atom stereocenters. The molecular weight excluding hydrogens is 561 g/mol. The number of aryl methyl sites for hydroxylation is 2. The van der Waals surface area contributed by atoms with Gasteiger partial charge in [0, 0.05) is 24.7 Å². The fraction of sp³-hybridized carbons (Fsp3) is 0.129. The molecule has 0 aliphatic heterocycles. The zero-order chi connectivity index (χ0) is 30.6. The number of carbonyl (C=O) groups excluding carboxylic acids is 2. The average Bonchev–Trinajstić information content (AvgIpc) is 3.34. The highest BCUT2D eigenvalue weighted by atomic mass is 19.4. The van der Waals surface area contributed by atoms with Crippen molar-refractivity contribution in [2.24, 2.45) is 7.05 Å². The molecule has 3 aromatic carbocycles. The van der Waals surface area contributed by atoms with Crippen LogP contribution in [-0.2, 0) is 19.8 Å². The predicted molar refractivity (Wildman–Crippen MR) is 153 cm³/mol. The van der Waals surface area contributed by atoms with Crippen molar-refractivity contribution in [1.29, 1.82) is 0 Å². The summed E-state index contributed by atoms with van der Waals surface area (Å²) in [6.45, 7) is 2.06. The van der Waals surface area contributed by atoms with E-state index in [2.05, 4.69) is 25.8 Å². The number of benzene rings is 3. The fourth-order valence-corrected chi connectivity index (χ4v) is 4.20. The second kappa shape index (κ2) is 12.1. The molecule has 5 rings (SSSR count). The Morgan fingerprint density at radius 2 is 1.58 bits per heavy atom. The van der Waals surface area contributed by atoms with Crippen LogP contribution >= 0.6 is 0 Å². The van der Waals surface area contributed by atoms with Crippen molar-refractivity contribution in [1.82, 2.24) is 25.1 Å². The largest absolute Gasteiger partial charge is 0.416 e. The zero-order valence-corrected chi connectivity index (χ0v) is 23.0. The van der Waals surface area contributed by atoms with Crippen molar-refractivity contribution >= 4 is 17.8 Å². The van der Waals surface area contributed by atoms with Crippen LogP contribution in [0.3, 0.4) is 0 Å². The molecule has 218 valence electrons. The van der Waals surface area contributed by atoms with Crippen LogP contribution in [0, 0.1) is 6.92 Å². The van der Waals surface area contributed by atoms with Gasteiger partial charge >= 0.3 is 18.3 Å². The number of amides is 2. The molecule has 9 nitrogen and oxygen atoms in total. The van der Waals surface area contributed by atoms with E-state index in [1.165, 1.54) is 22.9 Å². The lowest BCUT2D eigenvalue weighted by molar-refractivity contribution is -0.137. The number of nitrogens with one attached hydrogen (secondary N) is 2. The van der Waals surface area contributed by atoms with Crippen LogP contribution in [-0.4, -0.2) is 31.7 Å². The van der Waals surface area contributed by atoms with Gasteiger partial charge in [0.25, 0.3) is 5.91 Å². The van der Waals surface area contributed by atoms with Gasteiger partial charge in [-0.1, -0.05) is 54.6 Å². The Balaban J connectivity index is 1.20. The Morgan fingerprint density at radius 3 is 2.26 bits per heavy atom. The molecule has 0 unspecified atom stereocenters. The van der Waals surface area contributed by atoms with E-state index in [9.17, 15) is 22.8 Å². The molecule has 0 spiro atoms. The number of anilines is 1. The number of aromatic nitrogens is 4. The van der Waals surface area contributed by atoms with E-state index < -0.39 is 23.7 Å². The summed E-state index contributed by atoms with van der Waals surface area (Å²) in [6.07, 6.45) is -3.74. The average molecular weight is 587 g/mol.